The molecule has 0 N–H and O–H groups in total. The fourth-order valence-corrected chi connectivity index (χ4v) is 0.486. The van der Waals surface area contributed by atoms with E-state index in [4.69, 9.17) is 9.78 Å². The smallest absolute Gasteiger partial charge is 0.0932 e. The highest BCUT2D eigenvalue weighted by molar-refractivity contribution is 4.74. The largest absolute Gasteiger partial charge is 0.233 e. The highest BCUT2D eigenvalue weighted by Crippen LogP contribution is 2.29. The molecule has 2 aliphatic rings. The third-order valence-electron chi connectivity index (χ3n) is 1.38. The van der Waals surface area contributed by atoms with Crippen LogP contribution in [0, 0.1) is 0 Å². The molecular formula is C6H10O2. The first-order valence-electron chi connectivity index (χ1n) is 3.27. The van der Waals surface area contributed by atoms with Crippen molar-refractivity contribution in [3.05, 3.63) is 0 Å². The Balaban J connectivity index is 1.56. The van der Waals surface area contributed by atoms with E-state index in [0.29, 0.717) is 12.2 Å². The highest BCUT2D eigenvalue weighted by atomic mass is 17.2. The summed E-state index contributed by atoms with van der Waals surface area (Å²) in [6.07, 6.45) is 5.71. The molecule has 0 saturated heterocycles. The van der Waals surface area contributed by atoms with Gasteiger partial charge < -0.3 is 0 Å². The van der Waals surface area contributed by atoms with E-state index in [1.807, 2.05) is 0 Å². The molecule has 2 nitrogen and oxygen atoms in total. The van der Waals surface area contributed by atoms with Crippen LogP contribution in [-0.2, 0) is 9.78 Å². The van der Waals surface area contributed by atoms with Crippen molar-refractivity contribution < 1.29 is 9.78 Å². The standard InChI is InChI=1S/C6H10O2/c1-2-5(1)7-8-6-3-4-6/h5-6H,1-4H2. The Morgan fingerprint density at radius 3 is 1.38 bits per heavy atom. The first-order chi connectivity index (χ1) is 3.95. The second-order valence-corrected chi connectivity index (χ2v) is 2.59. The molecule has 46 valence electrons. The second-order valence-electron chi connectivity index (χ2n) is 2.59. The van der Waals surface area contributed by atoms with Gasteiger partial charge in [0.25, 0.3) is 0 Å². The zero-order valence-electron chi connectivity index (χ0n) is 4.80. The number of hydrogen-bond acceptors (Lipinski definition) is 2. The molecule has 8 heavy (non-hydrogen) atoms. The summed E-state index contributed by atoms with van der Waals surface area (Å²) >= 11 is 0. The van der Waals surface area contributed by atoms with Gasteiger partial charge in [-0.15, -0.1) is 0 Å². The Kier molecular flexibility index (Phi) is 1.02. The van der Waals surface area contributed by atoms with Gasteiger partial charge in [0.1, 0.15) is 0 Å². The molecular weight excluding hydrogens is 104 g/mol. The Hall–Kier alpha value is -0.0800. The van der Waals surface area contributed by atoms with Gasteiger partial charge in [-0.3, -0.25) is 0 Å². The maximum Gasteiger partial charge on any atom is 0.0932 e. The van der Waals surface area contributed by atoms with Crippen LogP contribution in [0.1, 0.15) is 25.7 Å². The molecule has 0 unspecified atom stereocenters. The molecule has 0 amide bonds. The SMILES string of the molecule is C1CC1OOC1CC1. The fraction of sp³-hybridized carbons (Fsp3) is 1.00. The molecule has 0 spiro atoms. The number of rotatable bonds is 3. The molecule has 0 aromatic rings. The number of hydrogen-bond donors (Lipinski definition) is 0. The van der Waals surface area contributed by atoms with E-state index in [9.17, 15) is 0 Å². The second kappa shape index (κ2) is 1.71. The van der Waals surface area contributed by atoms with Crippen molar-refractivity contribution in [1.82, 2.24) is 0 Å². The lowest BCUT2D eigenvalue weighted by atomic mass is 10.8. The molecule has 0 radical (unpaired) electrons. The lowest BCUT2D eigenvalue weighted by molar-refractivity contribution is -0.311. The van der Waals surface area contributed by atoms with Crippen LogP contribution in [0.15, 0.2) is 0 Å². The quantitative estimate of drug-likeness (QED) is 0.406. The van der Waals surface area contributed by atoms with E-state index in [1.54, 1.807) is 0 Å². The van der Waals surface area contributed by atoms with Gasteiger partial charge in [-0.1, -0.05) is 0 Å². The Bertz CT molecular complexity index is 72.5. The van der Waals surface area contributed by atoms with Crippen LogP contribution in [0.3, 0.4) is 0 Å². The summed E-state index contributed by atoms with van der Waals surface area (Å²) in [6, 6.07) is 0. The topological polar surface area (TPSA) is 18.5 Å². The molecule has 0 heterocycles. The normalized spacial score (nSPS) is 28.5. The van der Waals surface area contributed by atoms with Crippen LogP contribution >= 0.6 is 0 Å². The van der Waals surface area contributed by atoms with Gasteiger partial charge in [0, 0.05) is 0 Å². The summed E-state index contributed by atoms with van der Waals surface area (Å²) < 4.78 is 0. The van der Waals surface area contributed by atoms with E-state index >= 15 is 0 Å². The molecule has 0 bridgehead atoms. The predicted molar refractivity (Wildman–Crippen MR) is 28.2 cm³/mol. The van der Waals surface area contributed by atoms with Crippen molar-refractivity contribution in [2.75, 3.05) is 0 Å². The van der Waals surface area contributed by atoms with Gasteiger partial charge >= 0.3 is 0 Å². The van der Waals surface area contributed by atoms with E-state index in [-0.39, 0.29) is 0 Å². The van der Waals surface area contributed by atoms with Crippen LogP contribution in [0.2, 0.25) is 0 Å². The molecule has 0 aromatic carbocycles. The van der Waals surface area contributed by atoms with E-state index in [2.05, 4.69) is 0 Å². The molecule has 2 heteroatoms. The van der Waals surface area contributed by atoms with Crippen molar-refractivity contribution >= 4 is 0 Å². The summed E-state index contributed by atoms with van der Waals surface area (Å²) in [6.45, 7) is 0. The van der Waals surface area contributed by atoms with Crippen LogP contribution in [0.25, 0.3) is 0 Å². The van der Waals surface area contributed by atoms with Crippen molar-refractivity contribution in [2.45, 2.75) is 37.9 Å². The molecule has 0 aromatic heterocycles. The first-order valence-corrected chi connectivity index (χ1v) is 3.27. The van der Waals surface area contributed by atoms with E-state index < -0.39 is 0 Å². The molecule has 2 fully saturated rings. The van der Waals surface area contributed by atoms with Crippen LogP contribution in [-0.4, -0.2) is 12.2 Å². The van der Waals surface area contributed by atoms with Gasteiger partial charge in [0.2, 0.25) is 0 Å². The van der Waals surface area contributed by atoms with Crippen LogP contribution in [0.5, 0.6) is 0 Å². The highest BCUT2D eigenvalue weighted by Gasteiger charge is 2.29. The molecule has 2 saturated carbocycles. The average molecular weight is 114 g/mol. The lowest BCUT2D eigenvalue weighted by Crippen LogP contribution is -1.96. The Labute approximate surface area is 48.7 Å². The van der Waals surface area contributed by atoms with Crippen LogP contribution < -0.4 is 0 Å². The first kappa shape index (κ1) is 4.77. The minimum atomic E-state index is 0.454. The van der Waals surface area contributed by atoms with Crippen LogP contribution in [0.4, 0.5) is 0 Å². The third kappa shape index (κ3) is 1.20. The summed E-state index contributed by atoms with van der Waals surface area (Å²) in [5, 5.41) is 0. The van der Waals surface area contributed by atoms with Crippen molar-refractivity contribution in [2.24, 2.45) is 0 Å². The van der Waals surface area contributed by atoms with Gasteiger partial charge in [-0.2, -0.15) is 0 Å². The summed E-state index contributed by atoms with van der Waals surface area (Å²) in [7, 11) is 0. The van der Waals surface area contributed by atoms with Crippen molar-refractivity contribution in [3.63, 3.8) is 0 Å². The summed E-state index contributed by atoms with van der Waals surface area (Å²) in [4.78, 5) is 9.95. The zero-order chi connectivity index (χ0) is 5.40. The zero-order valence-corrected chi connectivity index (χ0v) is 4.80. The molecule has 2 aliphatic carbocycles. The van der Waals surface area contributed by atoms with Crippen molar-refractivity contribution in [3.8, 4) is 0 Å². The third-order valence-corrected chi connectivity index (χ3v) is 1.38. The monoisotopic (exact) mass is 114 g/mol. The Morgan fingerprint density at radius 2 is 1.12 bits per heavy atom. The predicted octanol–water partition coefficient (Wildman–Crippen LogP) is 1.26. The van der Waals surface area contributed by atoms with E-state index in [0.717, 1.165) is 0 Å². The lowest BCUT2D eigenvalue weighted by Gasteiger charge is -1.96. The van der Waals surface area contributed by atoms with Gasteiger partial charge in [-0.05, 0) is 25.7 Å². The van der Waals surface area contributed by atoms with Gasteiger partial charge in [0.15, 0.2) is 0 Å². The minimum Gasteiger partial charge on any atom is -0.233 e. The van der Waals surface area contributed by atoms with Gasteiger partial charge in [0.05, 0.1) is 12.2 Å². The summed E-state index contributed by atoms with van der Waals surface area (Å²) in [5.41, 5.74) is 0. The fourth-order valence-electron chi connectivity index (χ4n) is 0.486. The van der Waals surface area contributed by atoms with Crippen molar-refractivity contribution in [1.29, 1.82) is 0 Å². The maximum atomic E-state index is 4.98. The maximum absolute atomic E-state index is 4.98. The Morgan fingerprint density at radius 1 is 0.750 bits per heavy atom. The van der Waals surface area contributed by atoms with Gasteiger partial charge in [-0.25, -0.2) is 9.78 Å². The van der Waals surface area contributed by atoms with E-state index in [1.165, 1.54) is 25.7 Å². The minimum absolute atomic E-state index is 0.454. The summed E-state index contributed by atoms with van der Waals surface area (Å²) in [5.74, 6) is 0. The average Bonchev–Trinajstić information content (AvgIpc) is 2.60. The molecule has 0 aliphatic heterocycles. The molecule has 2 rings (SSSR count). The molecule has 0 atom stereocenters.